The van der Waals surface area contributed by atoms with E-state index in [0.29, 0.717) is 12.1 Å². The third-order valence-corrected chi connectivity index (χ3v) is 4.26. The summed E-state index contributed by atoms with van der Waals surface area (Å²) in [5.41, 5.74) is 5.94. The van der Waals surface area contributed by atoms with Gasteiger partial charge in [-0.25, -0.2) is 9.87 Å². The van der Waals surface area contributed by atoms with E-state index in [9.17, 15) is 9.18 Å². The second-order valence-electron chi connectivity index (χ2n) is 5.99. The fourth-order valence-electron chi connectivity index (χ4n) is 2.79. The summed E-state index contributed by atoms with van der Waals surface area (Å²) >= 11 is 0. The minimum Gasteiger partial charge on any atom is -0.288 e. The standard InChI is InChI=1S/C20H20FN3O2/c1-2-18-13-19(15-7-9-17(21)10-8-15)24(22-18)12-11-14-3-5-16(6-4-14)20(25)23-26/h3-10,13,26H,2,11-12H2,1H3,(H,23,25). The molecule has 0 aliphatic heterocycles. The van der Waals surface area contributed by atoms with E-state index in [2.05, 4.69) is 5.10 Å². The van der Waals surface area contributed by atoms with Gasteiger partial charge in [-0.2, -0.15) is 5.10 Å². The quantitative estimate of drug-likeness (QED) is 0.525. The molecule has 0 fully saturated rings. The molecule has 0 bridgehead atoms. The van der Waals surface area contributed by atoms with Crippen LogP contribution in [0.15, 0.2) is 54.6 Å². The lowest BCUT2D eigenvalue weighted by atomic mass is 10.1. The number of aromatic nitrogens is 2. The molecule has 1 heterocycles. The summed E-state index contributed by atoms with van der Waals surface area (Å²) in [7, 11) is 0. The molecule has 1 amide bonds. The van der Waals surface area contributed by atoms with Crippen LogP contribution in [-0.2, 0) is 19.4 Å². The Morgan fingerprint density at radius 3 is 2.46 bits per heavy atom. The Bertz CT molecular complexity index is 886. The maximum atomic E-state index is 13.2. The molecule has 1 aromatic heterocycles. The maximum Gasteiger partial charge on any atom is 0.274 e. The lowest BCUT2D eigenvalue weighted by Gasteiger charge is -2.08. The Kier molecular flexibility index (Phi) is 5.43. The van der Waals surface area contributed by atoms with Crippen LogP contribution in [0.5, 0.6) is 0 Å². The van der Waals surface area contributed by atoms with E-state index in [1.165, 1.54) is 12.1 Å². The van der Waals surface area contributed by atoms with E-state index < -0.39 is 5.91 Å². The highest BCUT2D eigenvalue weighted by Gasteiger charge is 2.10. The van der Waals surface area contributed by atoms with Gasteiger partial charge in [-0.15, -0.1) is 0 Å². The summed E-state index contributed by atoms with van der Waals surface area (Å²) in [6.07, 6.45) is 1.56. The summed E-state index contributed by atoms with van der Waals surface area (Å²) in [4.78, 5) is 11.4. The lowest BCUT2D eigenvalue weighted by molar-refractivity contribution is 0.0706. The molecule has 0 atom stereocenters. The molecule has 2 aromatic carbocycles. The maximum absolute atomic E-state index is 13.2. The first-order chi connectivity index (χ1) is 12.6. The smallest absolute Gasteiger partial charge is 0.274 e. The normalized spacial score (nSPS) is 10.7. The average molecular weight is 353 g/mol. The van der Waals surface area contributed by atoms with Crippen LogP contribution < -0.4 is 5.48 Å². The van der Waals surface area contributed by atoms with Crippen LogP contribution in [0, 0.1) is 5.82 Å². The van der Waals surface area contributed by atoms with Gasteiger partial charge in [0.05, 0.1) is 11.4 Å². The molecule has 0 unspecified atom stereocenters. The van der Waals surface area contributed by atoms with Crippen LogP contribution in [0.25, 0.3) is 11.3 Å². The molecule has 2 N–H and O–H groups in total. The zero-order valence-electron chi connectivity index (χ0n) is 14.4. The molecule has 0 saturated carbocycles. The number of hydroxylamine groups is 1. The van der Waals surface area contributed by atoms with E-state index in [1.54, 1.807) is 29.7 Å². The summed E-state index contributed by atoms with van der Waals surface area (Å²) in [6.45, 7) is 2.71. The number of carbonyl (C=O) groups excluding carboxylic acids is 1. The van der Waals surface area contributed by atoms with Crippen molar-refractivity contribution in [3.63, 3.8) is 0 Å². The van der Waals surface area contributed by atoms with Gasteiger partial charge in [0, 0.05) is 12.1 Å². The number of aryl methyl sites for hydroxylation is 3. The Morgan fingerprint density at radius 1 is 1.15 bits per heavy atom. The predicted molar refractivity (Wildman–Crippen MR) is 96.4 cm³/mol. The minimum absolute atomic E-state index is 0.262. The molecular formula is C20H20FN3O2. The van der Waals surface area contributed by atoms with Crippen molar-refractivity contribution in [1.29, 1.82) is 0 Å². The molecule has 3 aromatic rings. The third-order valence-electron chi connectivity index (χ3n) is 4.26. The molecule has 0 radical (unpaired) electrons. The van der Waals surface area contributed by atoms with Gasteiger partial charge in [-0.3, -0.25) is 14.7 Å². The number of nitrogens with zero attached hydrogens (tertiary/aromatic N) is 2. The minimum atomic E-state index is -0.533. The van der Waals surface area contributed by atoms with E-state index in [0.717, 1.165) is 35.4 Å². The topological polar surface area (TPSA) is 67.2 Å². The summed E-state index contributed by atoms with van der Waals surface area (Å²) in [5, 5.41) is 13.3. The number of carbonyl (C=O) groups is 1. The predicted octanol–water partition coefficient (Wildman–Crippen LogP) is 3.61. The number of hydrogen-bond donors (Lipinski definition) is 2. The van der Waals surface area contributed by atoms with Gasteiger partial charge in [-0.05, 0) is 66.4 Å². The van der Waals surface area contributed by atoms with Crippen molar-refractivity contribution in [3.8, 4) is 11.3 Å². The fourth-order valence-corrected chi connectivity index (χ4v) is 2.79. The van der Waals surface area contributed by atoms with Gasteiger partial charge < -0.3 is 0 Å². The third kappa shape index (κ3) is 3.97. The summed E-state index contributed by atoms with van der Waals surface area (Å²) < 4.78 is 15.1. The second kappa shape index (κ2) is 7.93. The Hall–Kier alpha value is -2.99. The van der Waals surface area contributed by atoms with Crippen molar-refractivity contribution >= 4 is 5.91 Å². The SMILES string of the molecule is CCc1cc(-c2ccc(F)cc2)n(CCc2ccc(C(=O)NO)cc2)n1. The molecule has 0 saturated heterocycles. The largest absolute Gasteiger partial charge is 0.288 e. The zero-order chi connectivity index (χ0) is 18.5. The van der Waals surface area contributed by atoms with Crippen molar-refractivity contribution in [2.45, 2.75) is 26.3 Å². The Labute approximate surface area is 151 Å². The van der Waals surface area contributed by atoms with Crippen LogP contribution in [0.1, 0.15) is 28.5 Å². The van der Waals surface area contributed by atoms with E-state index in [-0.39, 0.29) is 5.82 Å². The molecule has 0 aliphatic rings. The highest BCUT2D eigenvalue weighted by Crippen LogP contribution is 2.22. The van der Waals surface area contributed by atoms with Gasteiger partial charge >= 0.3 is 0 Å². The van der Waals surface area contributed by atoms with E-state index >= 15 is 0 Å². The van der Waals surface area contributed by atoms with Crippen molar-refractivity contribution in [1.82, 2.24) is 15.3 Å². The van der Waals surface area contributed by atoms with Crippen molar-refractivity contribution < 1.29 is 14.4 Å². The summed E-state index contributed by atoms with van der Waals surface area (Å²) in [5.74, 6) is -0.794. The van der Waals surface area contributed by atoms with Gasteiger partial charge in [0.25, 0.3) is 5.91 Å². The first-order valence-corrected chi connectivity index (χ1v) is 8.46. The van der Waals surface area contributed by atoms with E-state index in [1.807, 2.05) is 29.8 Å². The van der Waals surface area contributed by atoms with Gasteiger partial charge in [0.2, 0.25) is 0 Å². The highest BCUT2D eigenvalue weighted by atomic mass is 19.1. The first kappa shape index (κ1) is 17.8. The Balaban J connectivity index is 1.78. The molecule has 26 heavy (non-hydrogen) atoms. The first-order valence-electron chi connectivity index (χ1n) is 8.46. The molecule has 0 aliphatic carbocycles. The number of benzene rings is 2. The van der Waals surface area contributed by atoms with Crippen molar-refractivity contribution in [2.24, 2.45) is 0 Å². The summed E-state index contributed by atoms with van der Waals surface area (Å²) in [6, 6.07) is 15.5. The van der Waals surface area contributed by atoms with Crippen LogP contribution in [0.4, 0.5) is 4.39 Å². The van der Waals surface area contributed by atoms with Crippen molar-refractivity contribution in [2.75, 3.05) is 0 Å². The molecule has 5 nitrogen and oxygen atoms in total. The molecule has 0 spiro atoms. The van der Waals surface area contributed by atoms with Crippen LogP contribution in [0.3, 0.4) is 0 Å². The fraction of sp³-hybridized carbons (Fsp3) is 0.200. The lowest BCUT2D eigenvalue weighted by Crippen LogP contribution is -2.18. The van der Waals surface area contributed by atoms with Crippen LogP contribution in [0.2, 0.25) is 0 Å². The van der Waals surface area contributed by atoms with E-state index in [4.69, 9.17) is 5.21 Å². The molecule has 3 rings (SSSR count). The number of halogens is 1. The van der Waals surface area contributed by atoms with Crippen LogP contribution >= 0.6 is 0 Å². The number of nitrogens with one attached hydrogen (secondary N) is 1. The number of rotatable bonds is 6. The number of hydrogen-bond acceptors (Lipinski definition) is 3. The second-order valence-corrected chi connectivity index (χ2v) is 5.99. The molecular weight excluding hydrogens is 333 g/mol. The zero-order valence-corrected chi connectivity index (χ0v) is 14.4. The highest BCUT2D eigenvalue weighted by molar-refractivity contribution is 5.93. The molecule has 134 valence electrons. The average Bonchev–Trinajstić information content (AvgIpc) is 3.10. The molecule has 6 heteroatoms. The van der Waals surface area contributed by atoms with Gasteiger partial charge in [0.15, 0.2) is 0 Å². The van der Waals surface area contributed by atoms with Crippen molar-refractivity contribution in [3.05, 3.63) is 77.2 Å². The Morgan fingerprint density at radius 2 is 1.85 bits per heavy atom. The van der Waals surface area contributed by atoms with Crippen LogP contribution in [-0.4, -0.2) is 20.9 Å². The monoisotopic (exact) mass is 353 g/mol. The van der Waals surface area contributed by atoms with Gasteiger partial charge in [-0.1, -0.05) is 19.1 Å². The van der Waals surface area contributed by atoms with Gasteiger partial charge in [0.1, 0.15) is 5.82 Å². The number of amides is 1.